The summed E-state index contributed by atoms with van der Waals surface area (Å²) in [6.07, 6.45) is 3.43. The van der Waals surface area contributed by atoms with Crippen LogP contribution in [0.5, 0.6) is 0 Å². The van der Waals surface area contributed by atoms with Crippen molar-refractivity contribution in [3.63, 3.8) is 0 Å². The molecular formula is C21H20N4O2. The van der Waals surface area contributed by atoms with Crippen molar-refractivity contribution in [3.05, 3.63) is 78.1 Å². The van der Waals surface area contributed by atoms with Crippen molar-refractivity contribution in [2.45, 2.75) is 13.5 Å². The van der Waals surface area contributed by atoms with E-state index < -0.39 is 5.91 Å². The average Bonchev–Trinajstić information content (AvgIpc) is 2.66. The molecular weight excluding hydrogens is 340 g/mol. The Bertz CT molecular complexity index is 971. The van der Waals surface area contributed by atoms with Crippen molar-refractivity contribution < 1.29 is 9.59 Å². The summed E-state index contributed by atoms with van der Waals surface area (Å²) in [5.41, 5.74) is 10.0. The first-order chi connectivity index (χ1) is 13.0. The van der Waals surface area contributed by atoms with Gasteiger partial charge in [-0.1, -0.05) is 24.3 Å². The van der Waals surface area contributed by atoms with Gasteiger partial charge in [0.25, 0.3) is 5.91 Å². The van der Waals surface area contributed by atoms with Gasteiger partial charge < -0.3 is 16.4 Å². The third-order valence-electron chi connectivity index (χ3n) is 4.04. The fourth-order valence-corrected chi connectivity index (χ4v) is 2.85. The minimum Gasteiger partial charge on any atom is -0.380 e. The summed E-state index contributed by atoms with van der Waals surface area (Å²) in [4.78, 5) is 27.3. The predicted molar refractivity (Wildman–Crippen MR) is 106 cm³/mol. The largest absolute Gasteiger partial charge is 0.380 e. The van der Waals surface area contributed by atoms with Crippen LogP contribution in [0.2, 0.25) is 0 Å². The number of nitrogens with two attached hydrogens (primary N) is 1. The number of primary amides is 1. The first-order valence-corrected chi connectivity index (χ1v) is 8.48. The topological polar surface area (TPSA) is 97.1 Å². The summed E-state index contributed by atoms with van der Waals surface area (Å²) >= 11 is 0. The third-order valence-corrected chi connectivity index (χ3v) is 4.04. The van der Waals surface area contributed by atoms with Gasteiger partial charge in [-0.15, -0.1) is 0 Å². The number of pyridine rings is 1. The molecule has 0 atom stereocenters. The van der Waals surface area contributed by atoms with Gasteiger partial charge in [-0.2, -0.15) is 0 Å². The highest BCUT2D eigenvalue weighted by molar-refractivity contribution is 6.02. The molecule has 2 amide bonds. The van der Waals surface area contributed by atoms with Crippen LogP contribution in [-0.2, 0) is 11.3 Å². The Kier molecular flexibility index (Phi) is 5.47. The molecule has 0 bridgehead atoms. The molecule has 0 aliphatic carbocycles. The van der Waals surface area contributed by atoms with Crippen LogP contribution in [-0.4, -0.2) is 16.8 Å². The van der Waals surface area contributed by atoms with Crippen LogP contribution in [0.15, 0.2) is 67.0 Å². The van der Waals surface area contributed by atoms with Crippen LogP contribution in [0.3, 0.4) is 0 Å². The molecule has 136 valence electrons. The average molecular weight is 360 g/mol. The Morgan fingerprint density at radius 1 is 1.04 bits per heavy atom. The summed E-state index contributed by atoms with van der Waals surface area (Å²) in [5, 5.41) is 6.09. The molecule has 0 radical (unpaired) electrons. The first-order valence-electron chi connectivity index (χ1n) is 8.48. The van der Waals surface area contributed by atoms with E-state index in [4.69, 9.17) is 5.73 Å². The zero-order valence-corrected chi connectivity index (χ0v) is 14.9. The zero-order valence-electron chi connectivity index (χ0n) is 14.9. The molecule has 0 saturated carbocycles. The Morgan fingerprint density at radius 2 is 1.78 bits per heavy atom. The van der Waals surface area contributed by atoms with E-state index in [-0.39, 0.29) is 5.91 Å². The predicted octanol–water partition coefficient (Wildman–Crippen LogP) is 3.42. The second-order valence-corrected chi connectivity index (χ2v) is 6.06. The van der Waals surface area contributed by atoms with E-state index in [2.05, 4.69) is 15.6 Å². The summed E-state index contributed by atoms with van der Waals surface area (Å²) in [7, 11) is 0. The van der Waals surface area contributed by atoms with Crippen molar-refractivity contribution >= 4 is 23.2 Å². The molecule has 0 fully saturated rings. The van der Waals surface area contributed by atoms with Crippen molar-refractivity contribution in [2.24, 2.45) is 5.73 Å². The van der Waals surface area contributed by atoms with Crippen molar-refractivity contribution in [1.29, 1.82) is 0 Å². The van der Waals surface area contributed by atoms with E-state index in [0.29, 0.717) is 23.5 Å². The molecule has 3 rings (SSSR count). The van der Waals surface area contributed by atoms with Gasteiger partial charge in [-0.3, -0.25) is 14.6 Å². The van der Waals surface area contributed by atoms with E-state index in [0.717, 1.165) is 16.7 Å². The first kappa shape index (κ1) is 18.1. The Morgan fingerprint density at radius 3 is 2.48 bits per heavy atom. The molecule has 1 heterocycles. The molecule has 2 aromatic carbocycles. The molecule has 3 aromatic rings. The van der Waals surface area contributed by atoms with Gasteiger partial charge >= 0.3 is 0 Å². The summed E-state index contributed by atoms with van der Waals surface area (Å²) in [5.74, 6) is -0.652. The Hall–Kier alpha value is -3.67. The molecule has 6 heteroatoms. The van der Waals surface area contributed by atoms with Crippen LogP contribution >= 0.6 is 0 Å². The molecule has 1 aromatic heterocycles. The van der Waals surface area contributed by atoms with Gasteiger partial charge in [0, 0.05) is 37.1 Å². The number of carbonyl (C=O) groups is 2. The van der Waals surface area contributed by atoms with Gasteiger partial charge in [0.15, 0.2) is 0 Å². The van der Waals surface area contributed by atoms with Crippen LogP contribution in [0.4, 0.5) is 11.4 Å². The third kappa shape index (κ3) is 4.49. The molecule has 6 nitrogen and oxygen atoms in total. The summed E-state index contributed by atoms with van der Waals surface area (Å²) < 4.78 is 0. The highest BCUT2D eigenvalue weighted by atomic mass is 16.1. The minimum atomic E-state index is -0.507. The number of aromatic nitrogens is 1. The van der Waals surface area contributed by atoms with Gasteiger partial charge in [0.05, 0.1) is 11.3 Å². The molecule has 0 saturated heterocycles. The summed E-state index contributed by atoms with van der Waals surface area (Å²) in [6.45, 7) is 1.98. The number of nitrogens with one attached hydrogen (secondary N) is 2. The summed E-state index contributed by atoms with van der Waals surface area (Å²) in [6, 6.07) is 16.6. The number of rotatable bonds is 6. The normalized spacial score (nSPS) is 10.3. The molecule has 0 aliphatic heterocycles. The van der Waals surface area contributed by atoms with Crippen molar-refractivity contribution in [2.75, 3.05) is 10.6 Å². The maximum Gasteiger partial charge on any atom is 0.250 e. The lowest BCUT2D eigenvalue weighted by atomic mass is 9.98. The minimum absolute atomic E-state index is 0.144. The van der Waals surface area contributed by atoms with Crippen LogP contribution < -0.4 is 16.4 Å². The number of nitrogens with zero attached hydrogens (tertiary/aromatic N) is 1. The number of hydrogen-bond donors (Lipinski definition) is 3. The second kappa shape index (κ2) is 8.14. The molecule has 0 spiro atoms. The maximum atomic E-state index is 11.9. The van der Waals surface area contributed by atoms with Crippen LogP contribution in [0.25, 0.3) is 11.1 Å². The maximum absolute atomic E-state index is 11.9. The number of para-hydroxylation sites is 1. The van der Waals surface area contributed by atoms with Gasteiger partial charge in [-0.25, -0.2) is 0 Å². The fraction of sp³-hybridized carbons (Fsp3) is 0.0952. The van der Waals surface area contributed by atoms with Gasteiger partial charge in [-0.05, 0) is 41.5 Å². The lowest BCUT2D eigenvalue weighted by molar-refractivity contribution is -0.114. The molecule has 0 aliphatic rings. The standard InChI is InChI=1S/C21H20N4O2/c1-14(26)25-17-5-2-4-16(12-17)18-6-3-7-19(21(22)27)20(18)24-13-15-8-10-23-11-9-15/h2-12,24H,13H2,1H3,(H2,22,27)(H,25,26). The fourth-order valence-electron chi connectivity index (χ4n) is 2.85. The van der Waals surface area contributed by atoms with Crippen LogP contribution in [0.1, 0.15) is 22.8 Å². The van der Waals surface area contributed by atoms with E-state index in [1.54, 1.807) is 24.5 Å². The lowest BCUT2D eigenvalue weighted by Gasteiger charge is -2.16. The Balaban J connectivity index is 2.01. The molecule has 27 heavy (non-hydrogen) atoms. The zero-order chi connectivity index (χ0) is 19.2. The molecule has 0 unspecified atom stereocenters. The lowest BCUT2D eigenvalue weighted by Crippen LogP contribution is -2.15. The van der Waals surface area contributed by atoms with E-state index in [9.17, 15) is 9.59 Å². The van der Waals surface area contributed by atoms with E-state index in [1.807, 2.05) is 42.5 Å². The Labute approximate surface area is 157 Å². The SMILES string of the molecule is CC(=O)Nc1cccc(-c2cccc(C(N)=O)c2NCc2ccncc2)c1. The van der Waals surface area contributed by atoms with Gasteiger partial charge in [0.2, 0.25) is 5.91 Å². The second-order valence-electron chi connectivity index (χ2n) is 6.06. The monoisotopic (exact) mass is 360 g/mol. The number of hydrogen-bond acceptors (Lipinski definition) is 4. The quantitative estimate of drug-likeness (QED) is 0.627. The number of amides is 2. The van der Waals surface area contributed by atoms with Crippen LogP contribution in [0, 0.1) is 0 Å². The highest BCUT2D eigenvalue weighted by Crippen LogP contribution is 2.33. The molecule has 4 N–H and O–H groups in total. The highest BCUT2D eigenvalue weighted by Gasteiger charge is 2.14. The van der Waals surface area contributed by atoms with E-state index in [1.165, 1.54) is 6.92 Å². The van der Waals surface area contributed by atoms with Gasteiger partial charge in [0.1, 0.15) is 0 Å². The number of anilines is 2. The number of benzene rings is 2. The van der Waals surface area contributed by atoms with Crippen molar-refractivity contribution in [1.82, 2.24) is 4.98 Å². The smallest absolute Gasteiger partial charge is 0.250 e. The number of carbonyl (C=O) groups excluding carboxylic acids is 2. The van der Waals surface area contributed by atoms with E-state index >= 15 is 0 Å². The van der Waals surface area contributed by atoms with Crippen molar-refractivity contribution in [3.8, 4) is 11.1 Å².